The number of nitrogens with zero attached hydrogens (tertiary/aromatic N) is 2. The van der Waals surface area contributed by atoms with Crippen molar-refractivity contribution in [3.63, 3.8) is 0 Å². The van der Waals surface area contributed by atoms with Gasteiger partial charge in [0, 0.05) is 13.0 Å². The summed E-state index contributed by atoms with van der Waals surface area (Å²) >= 11 is 0. The summed E-state index contributed by atoms with van der Waals surface area (Å²) in [5.74, 6) is 0.354. The van der Waals surface area contributed by atoms with Crippen molar-refractivity contribution in [2.24, 2.45) is 0 Å². The van der Waals surface area contributed by atoms with E-state index in [9.17, 15) is 9.59 Å². The van der Waals surface area contributed by atoms with Crippen LogP contribution in [0.3, 0.4) is 0 Å². The first-order valence-corrected chi connectivity index (χ1v) is 8.08. The third kappa shape index (κ3) is 4.64. The Kier molecular flexibility index (Phi) is 5.39. The van der Waals surface area contributed by atoms with E-state index in [-0.39, 0.29) is 17.6 Å². The molecule has 1 heterocycles. The zero-order valence-electron chi connectivity index (χ0n) is 14.9. The standard InChI is InChI=1S/C18H25N3O3/c1-12(17(23)24-18(2,3)4)21(5)11-10-15-19-14-9-7-6-8-13(14)16(22)20-15/h6-9,12H,10-11H2,1-5H3,(H,19,20,22). The lowest BCUT2D eigenvalue weighted by atomic mass is 10.2. The second-order valence-electron chi connectivity index (χ2n) is 6.97. The molecule has 0 bridgehead atoms. The minimum Gasteiger partial charge on any atom is -0.459 e. The van der Waals surface area contributed by atoms with Gasteiger partial charge in [-0.3, -0.25) is 14.5 Å². The van der Waals surface area contributed by atoms with E-state index in [1.807, 2.05) is 57.8 Å². The maximum Gasteiger partial charge on any atom is 0.323 e. The Morgan fingerprint density at radius 1 is 1.33 bits per heavy atom. The number of rotatable bonds is 5. The van der Waals surface area contributed by atoms with Crippen LogP contribution in [0.1, 0.15) is 33.5 Å². The number of hydrogen-bond acceptors (Lipinski definition) is 5. The summed E-state index contributed by atoms with van der Waals surface area (Å²) in [5, 5.41) is 0.580. The maximum absolute atomic E-state index is 12.1. The van der Waals surface area contributed by atoms with Gasteiger partial charge < -0.3 is 9.72 Å². The number of aromatic amines is 1. The molecule has 0 saturated carbocycles. The Hall–Kier alpha value is -2.21. The van der Waals surface area contributed by atoms with Gasteiger partial charge in [0.05, 0.1) is 10.9 Å². The fourth-order valence-corrected chi connectivity index (χ4v) is 2.30. The van der Waals surface area contributed by atoms with Gasteiger partial charge in [-0.15, -0.1) is 0 Å². The van der Waals surface area contributed by atoms with Crippen molar-refractivity contribution >= 4 is 16.9 Å². The molecule has 6 nitrogen and oxygen atoms in total. The minimum absolute atomic E-state index is 0.140. The molecule has 1 N–H and O–H groups in total. The largest absolute Gasteiger partial charge is 0.459 e. The number of benzene rings is 1. The highest BCUT2D eigenvalue weighted by molar-refractivity contribution is 5.77. The molecule has 130 valence electrons. The fraction of sp³-hybridized carbons (Fsp3) is 0.500. The van der Waals surface area contributed by atoms with Crippen molar-refractivity contribution in [2.75, 3.05) is 13.6 Å². The first kappa shape index (κ1) is 18.1. The molecule has 0 aliphatic rings. The normalized spacial score (nSPS) is 13.2. The number of carbonyl (C=O) groups excluding carboxylic acids is 1. The SMILES string of the molecule is CC(C(=O)OC(C)(C)C)N(C)CCc1nc2ccccc2c(=O)[nH]1. The molecule has 1 unspecified atom stereocenters. The first-order valence-electron chi connectivity index (χ1n) is 8.08. The molecule has 0 saturated heterocycles. The smallest absolute Gasteiger partial charge is 0.323 e. The summed E-state index contributed by atoms with van der Waals surface area (Å²) in [6.07, 6.45) is 0.545. The molecule has 0 spiro atoms. The Balaban J connectivity index is 2.02. The summed E-state index contributed by atoms with van der Waals surface area (Å²) in [6, 6.07) is 6.88. The number of fused-ring (bicyclic) bond motifs is 1. The summed E-state index contributed by atoms with van der Waals surface area (Å²) in [7, 11) is 1.85. The molecule has 1 atom stereocenters. The van der Waals surface area contributed by atoms with Crippen LogP contribution in [0.25, 0.3) is 10.9 Å². The molecule has 1 aromatic heterocycles. The molecule has 6 heteroatoms. The van der Waals surface area contributed by atoms with Crippen LogP contribution in [0.4, 0.5) is 0 Å². The molecule has 24 heavy (non-hydrogen) atoms. The number of hydrogen-bond donors (Lipinski definition) is 1. The van der Waals surface area contributed by atoms with E-state index in [1.165, 1.54) is 0 Å². The van der Waals surface area contributed by atoms with E-state index >= 15 is 0 Å². The lowest BCUT2D eigenvalue weighted by Gasteiger charge is -2.27. The van der Waals surface area contributed by atoms with Gasteiger partial charge in [0.2, 0.25) is 0 Å². The van der Waals surface area contributed by atoms with Crippen LogP contribution in [-0.2, 0) is 16.0 Å². The predicted molar refractivity (Wildman–Crippen MR) is 94.0 cm³/mol. The van der Waals surface area contributed by atoms with Crippen molar-refractivity contribution in [3.05, 3.63) is 40.4 Å². The number of carbonyl (C=O) groups is 1. The van der Waals surface area contributed by atoms with Gasteiger partial charge in [-0.25, -0.2) is 4.98 Å². The van der Waals surface area contributed by atoms with E-state index in [1.54, 1.807) is 6.07 Å². The molecule has 2 rings (SSSR count). The molecule has 0 aliphatic heterocycles. The first-order chi connectivity index (χ1) is 11.2. The Bertz CT molecular complexity index is 777. The van der Waals surface area contributed by atoms with Crippen LogP contribution in [0.15, 0.2) is 29.1 Å². The molecule has 0 fully saturated rings. The van der Waals surface area contributed by atoms with Gasteiger partial charge in [0.1, 0.15) is 17.5 Å². The Labute approximate surface area is 141 Å². The van der Waals surface area contributed by atoms with Crippen molar-refractivity contribution in [1.82, 2.24) is 14.9 Å². The van der Waals surface area contributed by atoms with Crippen molar-refractivity contribution < 1.29 is 9.53 Å². The van der Waals surface area contributed by atoms with Gasteiger partial charge in [-0.05, 0) is 46.9 Å². The van der Waals surface area contributed by atoms with Crippen LogP contribution in [0.2, 0.25) is 0 Å². The van der Waals surface area contributed by atoms with Gasteiger partial charge in [-0.2, -0.15) is 0 Å². The number of likely N-dealkylation sites (N-methyl/N-ethyl adjacent to an activating group) is 1. The number of nitrogens with one attached hydrogen (secondary N) is 1. The molecular weight excluding hydrogens is 306 g/mol. The van der Waals surface area contributed by atoms with Crippen molar-refractivity contribution in [1.29, 1.82) is 0 Å². The van der Waals surface area contributed by atoms with E-state index < -0.39 is 5.60 Å². The van der Waals surface area contributed by atoms with Crippen LogP contribution >= 0.6 is 0 Å². The van der Waals surface area contributed by atoms with Crippen LogP contribution < -0.4 is 5.56 Å². The average molecular weight is 331 g/mol. The van der Waals surface area contributed by atoms with E-state index in [0.29, 0.717) is 29.7 Å². The van der Waals surface area contributed by atoms with E-state index in [4.69, 9.17) is 4.74 Å². The molecule has 0 aliphatic carbocycles. The highest BCUT2D eigenvalue weighted by atomic mass is 16.6. The quantitative estimate of drug-likeness (QED) is 0.850. The Morgan fingerprint density at radius 3 is 2.67 bits per heavy atom. The third-order valence-corrected chi connectivity index (χ3v) is 3.77. The fourth-order valence-electron chi connectivity index (χ4n) is 2.30. The zero-order valence-corrected chi connectivity index (χ0v) is 14.9. The van der Waals surface area contributed by atoms with Crippen LogP contribution in [0.5, 0.6) is 0 Å². The molecular formula is C18H25N3O3. The minimum atomic E-state index is -0.503. The van der Waals surface area contributed by atoms with E-state index in [0.717, 1.165) is 0 Å². The number of ether oxygens (including phenoxy) is 1. The maximum atomic E-state index is 12.1. The predicted octanol–water partition coefficient (Wildman–Crippen LogP) is 2.13. The van der Waals surface area contributed by atoms with Gasteiger partial charge in [0.25, 0.3) is 5.56 Å². The third-order valence-electron chi connectivity index (χ3n) is 3.77. The monoisotopic (exact) mass is 331 g/mol. The van der Waals surface area contributed by atoms with Gasteiger partial charge in [0.15, 0.2) is 0 Å². The van der Waals surface area contributed by atoms with Crippen LogP contribution in [0, 0.1) is 0 Å². The van der Waals surface area contributed by atoms with Crippen LogP contribution in [-0.4, -0.2) is 46.1 Å². The number of H-pyrrole nitrogens is 1. The topological polar surface area (TPSA) is 75.3 Å². The van der Waals surface area contributed by atoms with Gasteiger partial charge in [-0.1, -0.05) is 12.1 Å². The summed E-state index contributed by atoms with van der Waals surface area (Å²) in [5.41, 5.74) is 0.0367. The molecule has 2 aromatic rings. The van der Waals surface area contributed by atoms with Crippen molar-refractivity contribution in [2.45, 2.75) is 45.8 Å². The van der Waals surface area contributed by atoms with E-state index in [2.05, 4.69) is 9.97 Å². The number of aromatic nitrogens is 2. The van der Waals surface area contributed by atoms with Crippen molar-refractivity contribution in [3.8, 4) is 0 Å². The Morgan fingerprint density at radius 2 is 2.00 bits per heavy atom. The average Bonchev–Trinajstić information content (AvgIpc) is 2.50. The molecule has 1 aromatic carbocycles. The number of esters is 1. The zero-order chi connectivity index (χ0) is 17.9. The molecule has 0 amide bonds. The van der Waals surface area contributed by atoms with Gasteiger partial charge >= 0.3 is 5.97 Å². The summed E-state index contributed by atoms with van der Waals surface area (Å²) in [6.45, 7) is 7.94. The lowest BCUT2D eigenvalue weighted by molar-refractivity contribution is -0.160. The lowest BCUT2D eigenvalue weighted by Crippen LogP contribution is -2.41. The molecule has 0 radical (unpaired) electrons. The highest BCUT2D eigenvalue weighted by Crippen LogP contribution is 2.11. The summed E-state index contributed by atoms with van der Waals surface area (Å²) < 4.78 is 5.40. The highest BCUT2D eigenvalue weighted by Gasteiger charge is 2.24. The summed E-state index contributed by atoms with van der Waals surface area (Å²) in [4.78, 5) is 33.3. The second kappa shape index (κ2) is 7.13. The second-order valence-corrected chi connectivity index (χ2v) is 6.97. The number of para-hydroxylation sites is 1.